The molecule has 0 amide bonds. The van der Waals surface area contributed by atoms with Gasteiger partial charge in [-0.2, -0.15) is 0 Å². The molecule has 0 radical (unpaired) electrons. The molecule has 1 aliphatic heterocycles. The van der Waals surface area contributed by atoms with E-state index in [4.69, 9.17) is 0 Å². The molecule has 6 heavy (non-hydrogen) atoms. The van der Waals surface area contributed by atoms with Crippen LogP contribution in [0, 0.1) is 0 Å². The summed E-state index contributed by atoms with van der Waals surface area (Å²) in [5.41, 5.74) is 0. The third-order valence-electron chi connectivity index (χ3n) is 0.865. The average Bonchev–Trinajstić information content (AvgIpc) is 2.19. The Kier molecular flexibility index (Phi) is 1.97. The Hall–Kier alpha value is 1.42. The van der Waals surface area contributed by atoms with Crippen molar-refractivity contribution in [3.8, 4) is 0 Å². The van der Waals surface area contributed by atoms with E-state index in [0.717, 1.165) is 6.04 Å². The molecule has 38 valence electrons. The van der Waals surface area contributed by atoms with Gasteiger partial charge in [-0.3, -0.25) is 0 Å². The molecule has 1 nitrogen and oxygen atoms in total. The van der Waals surface area contributed by atoms with Gasteiger partial charge in [-0.15, -0.1) is 0 Å². The number of nitrogens with zero attached hydrogens (tertiary/aromatic N) is 1. The molecule has 2 atom stereocenters. The summed E-state index contributed by atoms with van der Waals surface area (Å²) >= 11 is 2.91. The molecule has 0 aromatic heterocycles. The SMILES string of the molecule is CC1CN1[I-]I. The van der Waals surface area contributed by atoms with Crippen LogP contribution in [0.4, 0.5) is 0 Å². The second kappa shape index (κ2) is 2.13. The number of hydrogen-bond donors (Lipinski definition) is 0. The van der Waals surface area contributed by atoms with Crippen molar-refractivity contribution in [2.24, 2.45) is 0 Å². The Morgan fingerprint density at radius 3 is 2.50 bits per heavy atom. The number of hydrogen-bond acceptors (Lipinski definition) is 1. The van der Waals surface area contributed by atoms with E-state index in [0.29, 0.717) is 17.5 Å². The van der Waals surface area contributed by atoms with Crippen LogP contribution in [0.25, 0.3) is 0 Å². The zero-order valence-electron chi connectivity index (χ0n) is 3.49. The van der Waals surface area contributed by atoms with E-state index in [1.807, 2.05) is 0 Å². The van der Waals surface area contributed by atoms with Crippen molar-refractivity contribution in [2.75, 3.05) is 6.54 Å². The molecule has 0 N–H and O–H groups in total. The average molecular weight is 310 g/mol. The molecule has 1 heterocycles. The molecule has 1 rings (SSSR count). The van der Waals surface area contributed by atoms with Gasteiger partial charge in [0.05, 0.1) is 0 Å². The molecule has 2 unspecified atom stereocenters. The van der Waals surface area contributed by atoms with E-state index in [2.05, 4.69) is 28.7 Å². The maximum absolute atomic E-state index is 2.51. The topological polar surface area (TPSA) is 3.01 Å². The first-order valence-electron chi connectivity index (χ1n) is 1.87. The van der Waals surface area contributed by atoms with Crippen molar-refractivity contribution in [3.63, 3.8) is 0 Å². The van der Waals surface area contributed by atoms with Crippen molar-refractivity contribution < 1.29 is 17.5 Å². The molecular formula is C3H6I2N-. The van der Waals surface area contributed by atoms with Crippen molar-refractivity contribution in [2.45, 2.75) is 13.0 Å². The molecule has 1 aliphatic rings. The van der Waals surface area contributed by atoms with Gasteiger partial charge in [0.25, 0.3) is 0 Å². The summed E-state index contributed by atoms with van der Waals surface area (Å²) in [6.45, 7) is 3.65. The number of halogens is 2. The van der Waals surface area contributed by atoms with Gasteiger partial charge in [-0.05, 0) is 0 Å². The Bertz CT molecular complexity index is 54.8. The van der Waals surface area contributed by atoms with Crippen molar-refractivity contribution in [1.82, 2.24) is 3.11 Å². The third-order valence-corrected chi connectivity index (χ3v) is 5.82. The monoisotopic (exact) mass is 310 g/mol. The van der Waals surface area contributed by atoms with Gasteiger partial charge in [0.1, 0.15) is 0 Å². The predicted molar refractivity (Wildman–Crippen MR) is 30.2 cm³/mol. The summed E-state index contributed by atoms with van der Waals surface area (Å²) in [5, 5.41) is 0. The molecule has 0 bridgehead atoms. The van der Waals surface area contributed by atoms with Gasteiger partial charge in [0, 0.05) is 0 Å². The van der Waals surface area contributed by atoms with E-state index in [-0.39, 0.29) is 0 Å². The maximum atomic E-state index is 2.51. The van der Waals surface area contributed by atoms with E-state index >= 15 is 0 Å². The molecule has 0 aromatic rings. The normalized spacial score (nSPS) is 43.7. The summed E-state index contributed by atoms with van der Waals surface area (Å²) in [7, 11) is 0. The summed E-state index contributed by atoms with van der Waals surface area (Å²) in [5.74, 6) is 0. The number of rotatable bonds is 1. The van der Waals surface area contributed by atoms with E-state index < -0.39 is 0 Å². The molecule has 0 aromatic carbocycles. The van der Waals surface area contributed by atoms with Gasteiger partial charge in [-0.1, -0.05) is 0 Å². The fraction of sp³-hybridized carbons (Fsp3) is 1.00. The van der Waals surface area contributed by atoms with E-state index in [1.165, 1.54) is 6.54 Å². The fourth-order valence-corrected chi connectivity index (χ4v) is 4.78. The summed E-state index contributed by atoms with van der Waals surface area (Å²) in [4.78, 5) is 0. The molecule has 1 fully saturated rings. The van der Waals surface area contributed by atoms with Crippen LogP contribution in [0.1, 0.15) is 6.92 Å². The first kappa shape index (κ1) is 5.55. The van der Waals surface area contributed by atoms with Gasteiger partial charge >= 0.3 is 58.7 Å². The molecule has 0 spiro atoms. The first-order chi connectivity index (χ1) is 2.84. The van der Waals surface area contributed by atoms with Gasteiger partial charge in [-0.25, -0.2) is 0 Å². The third kappa shape index (κ3) is 1.19. The summed E-state index contributed by atoms with van der Waals surface area (Å²) in [6, 6.07) is 0.940. The second-order valence-corrected chi connectivity index (χ2v) is 5.55. The Morgan fingerprint density at radius 2 is 2.50 bits per heavy atom. The summed E-state index contributed by atoms with van der Waals surface area (Å²) < 4.78 is 2.51. The molecule has 3 heteroatoms. The van der Waals surface area contributed by atoms with Crippen molar-refractivity contribution >= 4 is 18.6 Å². The minimum atomic E-state index is 0.422. The minimum absolute atomic E-state index is 0.422. The fourth-order valence-electron chi connectivity index (χ4n) is 0.294. The van der Waals surface area contributed by atoms with Gasteiger partial charge in [0.2, 0.25) is 0 Å². The van der Waals surface area contributed by atoms with E-state index in [9.17, 15) is 0 Å². The van der Waals surface area contributed by atoms with Crippen LogP contribution < -0.4 is 17.5 Å². The zero-order chi connectivity index (χ0) is 4.57. The Labute approximate surface area is 58.3 Å². The Morgan fingerprint density at radius 1 is 2.00 bits per heavy atom. The van der Waals surface area contributed by atoms with Crippen LogP contribution in [0.15, 0.2) is 0 Å². The van der Waals surface area contributed by atoms with E-state index in [1.54, 1.807) is 0 Å². The van der Waals surface area contributed by atoms with Crippen molar-refractivity contribution in [1.29, 1.82) is 0 Å². The van der Waals surface area contributed by atoms with Crippen LogP contribution in [0.3, 0.4) is 0 Å². The quantitative estimate of drug-likeness (QED) is 0.309. The van der Waals surface area contributed by atoms with Crippen LogP contribution in [0.2, 0.25) is 0 Å². The summed E-state index contributed by atoms with van der Waals surface area (Å²) in [6.07, 6.45) is 0. The van der Waals surface area contributed by atoms with Crippen LogP contribution in [-0.2, 0) is 0 Å². The molecular weight excluding hydrogens is 304 g/mol. The van der Waals surface area contributed by atoms with Gasteiger partial charge < -0.3 is 0 Å². The Balaban J connectivity index is 2.09. The van der Waals surface area contributed by atoms with Crippen LogP contribution in [-0.4, -0.2) is 15.7 Å². The van der Waals surface area contributed by atoms with Gasteiger partial charge in [0.15, 0.2) is 0 Å². The predicted octanol–water partition coefficient (Wildman–Crippen LogP) is -1.96. The standard InChI is InChI=1S/C3H6I2N/c1-3-2-6(3)5-4/h3H,2H2,1H3/q-1. The van der Waals surface area contributed by atoms with Crippen LogP contribution in [0.5, 0.6) is 0 Å². The zero-order valence-corrected chi connectivity index (χ0v) is 7.80. The van der Waals surface area contributed by atoms with Crippen molar-refractivity contribution in [3.05, 3.63) is 0 Å². The molecule has 0 aliphatic carbocycles. The molecule has 0 saturated carbocycles. The molecule has 1 saturated heterocycles. The van der Waals surface area contributed by atoms with Crippen LogP contribution >= 0.6 is 18.6 Å². The second-order valence-electron chi connectivity index (χ2n) is 1.50. The first-order valence-corrected chi connectivity index (χ1v) is 9.12.